The van der Waals surface area contributed by atoms with Crippen molar-refractivity contribution in [3.63, 3.8) is 0 Å². The van der Waals surface area contributed by atoms with E-state index in [2.05, 4.69) is 24.1 Å². The summed E-state index contributed by atoms with van der Waals surface area (Å²) in [5, 5.41) is 3.59. The van der Waals surface area contributed by atoms with Gasteiger partial charge in [-0.05, 0) is 69.9 Å². The van der Waals surface area contributed by atoms with Gasteiger partial charge in [-0.15, -0.1) is 0 Å². The molecular formula is C16H32N2. The number of hydrogen-bond donors (Lipinski definition) is 1. The Labute approximate surface area is 114 Å². The van der Waals surface area contributed by atoms with Crippen molar-refractivity contribution in [2.24, 2.45) is 11.8 Å². The molecule has 106 valence electrons. The summed E-state index contributed by atoms with van der Waals surface area (Å²) in [6, 6.07) is 0.749. The Morgan fingerprint density at radius 3 is 2.11 bits per heavy atom. The molecule has 2 aliphatic carbocycles. The molecule has 0 saturated heterocycles. The first-order valence-electron chi connectivity index (χ1n) is 8.27. The van der Waals surface area contributed by atoms with Crippen molar-refractivity contribution in [3.8, 4) is 0 Å². The van der Waals surface area contributed by atoms with E-state index >= 15 is 0 Å². The molecule has 2 nitrogen and oxygen atoms in total. The summed E-state index contributed by atoms with van der Waals surface area (Å²) in [6.07, 6.45) is 10.00. The smallest absolute Gasteiger partial charge is 0.00647 e. The van der Waals surface area contributed by atoms with Gasteiger partial charge in [-0.1, -0.05) is 13.8 Å². The molecule has 2 heteroatoms. The predicted molar refractivity (Wildman–Crippen MR) is 78.9 cm³/mol. The number of nitrogens with one attached hydrogen (secondary N) is 1. The molecule has 1 N–H and O–H groups in total. The van der Waals surface area contributed by atoms with E-state index in [-0.39, 0.29) is 0 Å². The maximum atomic E-state index is 3.59. The second-order valence-corrected chi connectivity index (χ2v) is 6.45. The van der Waals surface area contributed by atoms with E-state index in [0.717, 1.165) is 24.4 Å². The maximum Gasteiger partial charge on any atom is 0.00647 e. The Bertz CT molecular complexity index is 207. The normalized spacial score (nSPS) is 21.5. The minimum Gasteiger partial charge on any atom is -0.314 e. The molecule has 1 atom stereocenters. The first kappa shape index (κ1) is 14.3. The molecule has 0 bridgehead atoms. The van der Waals surface area contributed by atoms with Crippen molar-refractivity contribution in [2.45, 2.75) is 64.8 Å². The van der Waals surface area contributed by atoms with Gasteiger partial charge < -0.3 is 10.2 Å². The Balaban J connectivity index is 1.60. The third-order valence-electron chi connectivity index (χ3n) is 4.44. The first-order chi connectivity index (χ1) is 8.81. The van der Waals surface area contributed by atoms with Gasteiger partial charge in [0.15, 0.2) is 0 Å². The van der Waals surface area contributed by atoms with E-state index < -0.39 is 0 Å². The van der Waals surface area contributed by atoms with Gasteiger partial charge in [0.1, 0.15) is 0 Å². The second-order valence-electron chi connectivity index (χ2n) is 6.45. The molecule has 0 aromatic rings. The molecule has 2 fully saturated rings. The van der Waals surface area contributed by atoms with Gasteiger partial charge in [0.2, 0.25) is 0 Å². The van der Waals surface area contributed by atoms with Crippen LogP contribution in [0.2, 0.25) is 0 Å². The van der Waals surface area contributed by atoms with Crippen LogP contribution in [0.4, 0.5) is 0 Å². The fourth-order valence-corrected chi connectivity index (χ4v) is 2.89. The molecule has 0 radical (unpaired) electrons. The molecule has 0 spiro atoms. The third-order valence-corrected chi connectivity index (χ3v) is 4.44. The van der Waals surface area contributed by atoms with Crippen LogP contribution in [0.5, 0.6) is 0 Å². The topological polar surface area (TPSA) is 15.3 Å². The first-order valence-corrected chi connectivity index (χ1v) is 8.27. The van der Waals surface area contributed by atoms with Crippen LogP contribution >= 0.6 is 0 Å². The minimum absolute atomic E-state index is 0.749. The van der Waals surface area contributed by atoms with Crippen LogP contribution in [0, 0.1) is 11.8 Å². The minimum atomic E-state index is 0.749. The van der Waals surface area contributed by atoms with Crippen LogP contribution in [-0.2, 0) is 0 Å². The highest BCUT2D eigenvalue weighted by Gasteiger charge is 2.28. The lowest BCUT2D eigenvalue weighted by Crippen LogP contribution is -2.32. The van der Waals surface area contributed by atoms with E-state index in [0.29, 0.717) is 0 Å². The largest absolute Gasteiger partial charge is 0.314 e. The molecule has 0 aliphatic heterocycles. The van der Waals surface area contributed by atoms with Gasteiger partial charge in [-0.25, -0.2) is 0 Å². The fourth-order valence-electron chi connectivity index (χ4n) is 2.89. The summed E-state index contributed by atoms with van der Waals surface area (Å²) in [6.45, 7) is 9.78. The third kappa shape index (κ3) is 5.71. The molecule has 1 unspecified atom stereocenters. The monoisotopic (exact) mass is 252 g/mol. The zero-order valence-corrected chi connectivity index (χ0v) is 12.5. The molecule has 2 saturated carbocycles. The molecule has 2 rings (SSSR count). The van der Waals surface area contributed by atoms with Crippen molar-refractivity contribution < 1.29 is 0 Å². The molecule has 18 heavy (non-hydrogen) atoms. The molecule has 0 amide bonds. The second kappa shape index (κ2) is 7.49. The Kier molecular flexibility index (Phi) is 5.97. The zero-order chi connectivity index (χ0) is 12.8. The lowest BCUT2D eigenvalue weighted by atomic mass is 10.1. The Morgan fingerprint density at radius 2 is 1.67 bits per heavy atom. The van der Waals surface area contributed by atoms with Crippen molar-refractivity contribution in [3.05, 3.63) is 0 Å². The number of hydrogen-bond acceptors (Lipinski definition) is 2. The van der Waals surface area contributed by atoms with Crippen molar-refractivity contribution >= 4 is 0 Å². The lowest BCUT2D eigenvalue weighted by molar-refractivity contribution is 0.243. The van der Waals surface area contributed by atoms with E-state index in [1.54, 1.807) is 0 Å². The summed E-state index contributed by atoms with van der Waals surface area (Å²) in [7, 11) is 0. The summed E-state index contributed by atoms with van der Waals surface area (Å²) in [5.74, 6) is 2.11. The molecule has 0 aromatic heterocycles. The van der Waals surface area contributed by atoms with E-state index in [1.165, 1.54) is 64.6 Å². The van der Waals surface area contributed by atoms with Gasteiger partial charge in [0.05, 0.1) is 0 Å². The van der Waals surface area contributed by atoms with E-state index in [4.69, 9.17) is 0 Å². The highest BCUT2D eigenvalue weighted by Crippen LogP contribution is 2.33. The zero-order valence-electron chi connectivity index (χ0n) is 12.5. The summed E-state index contributed by atoms with van der Waals surface area (Å²) in [5.41, 5.74) is 0. The number of rotatable bonds is 11. The van der Waals surface area contributed by atoms with E-state index in [9.17, 15) is 0 Å². The Hall–Kier alpha value is -0.0800. The van der Waals surface area contributed by atoms with Crippen LogP contribution in [0.1, 0.15) is 58.8 Å². The Morgan fingerprint density at radius 1 is 1.06 bits per heavy atom. The molecule has 0 heterocycles. The van der Waals surface area contributed by atoms with Gasteiger partial charge in [0.25, 0.3) is 0 Å². The molecule has 0 aromatic carbocycles. The lowest BCUT2D eigenvalue weighted by Gasteiger charge is -2.23. The molecular weight excluding hydrogens is 220 g/mol. The highest BCUT2D eigenvalue weighted by atomic mass is 15.1. The van der Waals surface area contributed by atoms with Crippen molar-refractivity contribution in [1.29, 1.82) is 0 Å². The fraction of sp³-hybridized carbons (Fsp3) is 1.00. The summed E-state index contributed by atoms with van der Waals surface area (Å²) < 4.78 is 0. The number of nitrogens with zero attached hydrogens (tertiary/aromatic N) is 1. The van der Waals surface area contributed by atoms with E-state index in [1.807, 2.05) is 0 Å². The highest BCUT2D eigenvalue weighted by molar-refractivity contribution is 4.82. The molecule has 2 aliphatic rings. The predicted octanol–water partition coefficient (Wildman–Crippen LogP) is 3.28. The maximum absolute atomic E-state index is 3.59. The summed E-state index contributed by atoms with van der Waals surface area (Å²) in [4.78, 5) is 2.77. The standard InChI is InChI=1S/C16H32N2/c1-3-16(17-4-2)6-5-11-18(12-14-7-8-14)13-15-9-10-15/h14-17H,3-13H2,1-2H3. The average molecular weight is 252 g/mol. The average Bonchev–Trinajstić information content (AvgIpc) is 3.23. The van der Waals surface area contributed by atoms with Crippen LogP contribution in [-0.4, -0.2) is 37.1 Å². The van der Waals surface area contributed by atoms with Gasteiger partial charge >= 0.3 is 0 Å². The quantitative estimate of drug-likeness (QED) is 0.607. The SMILES string of the molecule is CCNC(CC)CCCN(CC1CC1)CC1CC1. The van der Waals surface area contributed by atoms with Crippen LogP contribution in [0.15, 0.2) is 0 Å². The van der Waals surface area contributed by atoms with Gasteiger partial charge in [-0.2, -0.15) is 0 Å². The van der Waals surface area contributed by atoms with Gasteiger partial charge in [-0.3, -0.25) is 0 Å². The van der Waals surface area contributed by atoms with Gasteiger partial charge in [0, 0.05) is 19.1 Å². The van der Waals surface area contributed by atoms with Crippen LogP contribution in [0.25, 0.3) is 0 Å². The van der Waals surface area contributed by atoms with Crippen LogP contribution < -0.4 is 5.32 Å². The summed E-state index contributed by atoms with van der Waals surface area (Å²) >= 11 is 0. The van der Waals surface area contributed by atoms with Crippen LogP contribution in [0.3, 0.4) is 0 Å². The van der Waals surface area contributed by atoms with Crippen molar-refractivity contribution in [2.75, 3.05) is 26.2 Å². The van der Waals surface area contributed by atoms with Crippen molar-refractivity contribution in [1.82, 2.24) is 10.2 Å².